The zero-order chi connectivity index (χ0) is 27.2. The molecule has 0 amide bonds. The van der Waals surface area contributed by atoms with E-state index < -0.39 is 11.4 Å². The number of likely N-dealkylation sites (tertiary alicyclic amines) is 1. The summed E-state index contributed by atoms with van der Waals surface area (Å²) in [7, 11) is 0. The van der Waals surface area contributed by atoms with Crippen molar-refractivity contribution in [1.82, 2.24) is 4.90 Å². The third-order valence-electron chi connectivity index (χ3n) is 8.68. The number of benzene rings is 2. The molecule has 3 aliphatic rings. The first kappa shape index (κ1) is 27.4. The molecule has 2 atom stereocenters. The van der Waals surface area contributed by atoms with Gasteiger partial charge in [-0.3, -0.25) is 4.79 Å². The van der Waals surface area contributed by atoms with E-state index in [-0.39, 0.29) is 6.10 Å². The third kappa shape index (κ3) is 5.31. The number of carboxylic acids is 1. The van der Waals surface area contributed by atoms with Crippen molar-refractivity contribution in [3.05, 3.63) is 56.5 Å². The third-order valence-corrected chi connectivity index (χ3v) is 9.64. The number of carbonyl (C=O) groups is 1. The number of anilines is 1. The number of nitrogens with zero attached hydrogens (tertiary/aromatic N) is 3. The maximum absolute atomic E-state index is 11.5. The molecule has 2 saturated heterocycles. The lowest BCUT2D eigenvalue weighted by molar-refractivity contribution is -0.158. The number of nitriles is 1. The molecule has 0 bridgehead atoms. The lowest BCUT2D eigenvalue weighted by Gasteiger charge is -2.52. The van der Waals surface area contributed by atoms with Crippen molar-refractivity contribution in [3.63, 3.8) is 0 Å². The van der Waals surface area contributed by atoms with E-state index in [0.29, 0.717) is 44.3 Å². The summed E-state index contributed by atoms with van der Waals surface area (Å²) in [6, 6.07) is 11.6. The van der Waals surface area contributed by atoms with Crippen molar-refractivity contribution in [3.8, 4) is 11.8 Å². The summed E-state index contributed by atoms with van der Waals surface area (Å²) in [5.74, 6) is 0.951. The zero-order valence-electron chi connectivity index (χ0n) is 21.6. The molecule has 38 heavy (non-hydrogen) atoms. The predicted octanol–water partition coefficient (Wildman–Crippen LogP) is 7.06. The van der Waals surface area contributed by atoms with E-state index in [1.54, 1.807) is 12.1 Å². The molecule has 1 aliphatic carbocycles. The quantitative estimate of drug-likeness (QED) is 0.380. The summed E-state index contributed by atoms with van der Waals surface area (Å²) < 4.78 is 6.20. The fraction of sp³-hybridized carbons (Fsp3) is 0.517. The van der Waals surface area contributed by atoms with Crippen molar-refractivity contribution in [2.24, 2.45) is 17.3 Å². The minimum atomic E-state index is -0.675. The molecule has 0 aromatic heterocycles. The first-order valence-electron chi connectivity index (χ1n) is 13.2. The van der Waals surface area contributed by atoms with Gasteiger partial charge < -0.3 is 19.6 Å². The van der Waals surface area contributed by atoms with Crippen molar-refractivity contribution in [1.29, 1.82) is 5.26 Å². The van der Waals surface area contributed by atoms with Crippen LogP contribution in [0.4, 0.5) is 5.69 Å². The summed E-state index contributed by atoms with van der Waals surface area (Å²) in [5, 5.41) is 20.5. The Hall–Kier alpha value is -2.17. The van der Waals surface area contributed by atoms with Gasteiger partial charge in [0.1, 0.15) is 22.9 Å². The van der Waals surface area contributed by atoms with E-state index in [4.69, 9.17) is 39.5 Å². The maximum atomic E-state index is 11.5. The number of carboxylic acid groups (broad SMARTS) is 1. The highest BCUT2D eigenvalue weighted by molar-refractivity contribution is 6.35. The molecular formula is C29H32Cl3N3O3. The fourth-order valence-electron chi connectivity index (χ4n) is 6.21. The van der Waals surface area contributed by atoms with E-state index in [2.05, 4.69) is 15.9 Å². The van der Waals surface area contributed by atoms with Crippen LogP contribution < -0.4 is 9.64 Å². The number of hydrogen-bond donors (Lipinski definition) is 1. The van der Waals surface area contributed by atoms with E-state index in [0.717, 1.165) is 56.7 Å². The summed E-state index contributed by atoms with van der Waals surface area (Å²) in [5.41, 5.74) is 1.54. The van der Waals surface area contributed by atoms with Crippen LogP contribution in [0.3, 0.4) is 0 Å². The lowest BCUT2D eigenvalue weighted by atomic mass is 9.65. The lowest BCUT2D eigenvalue weighted by Crippen LogP contribution is -2.58. The Morgan fingerprint density at radius 1 is 1.16 bits per heavy atom. The Kier molecular flexibility index (Phi) is 7.77. The Morgan fingerprint density at radius 2 is 1.89 bits per heavy atom. The summed E-state index contributed by atoms with van der Waals surface area (Å²) >= 11 is 18.9. The minimum Gasteiger partial charge on any atom is -0.484 e. The topological polar surface area (TPSA) is 76.8 Å². The van der Waals surface area contributed by atoms with Gasteiger partial charge in [0.05, 0.1) is 11.0 Å². The van der Waals surface area contributed by atoms with Crippen LogP contribution >= 0.6 is 34.8 Å². The average Bonchev–Trinajstić information content (AvgIpc) is 2.82. The minimum absolute atomic E-state index is 0.294. The molecule has 0 spiro atoms. The van der Waals surface area contributed by atoms with Crippen LogP contribution in [0.5, 0.6) is 5.75 Å². The van der Waals surface area contributed by atoms with Gasteiger partial charge in [0, 0.05) is 53.0 Å². The Bertz CT molecular complexity index is 1270. The molecule has 1 N–H and O–H groups in total. The Morgan fingerprint density at radius 3 is 2.55 bits per heavy atom. The zero-order valence-corrected chi connectivity index (χ0v) is 23.9. The SMILES string of the molecule is C[C@@H](Oc1cc(N2CC([C@H]3CCCN(C4CC(C)(C(=O)O)C4)C3)C2)cc(C#N)c1Cl)c1ccc(Cl)cc1Cl. The number of rotatable bonds is 7. The van der Waals surface area contributed by atoms with E-state index >= 15 is 0 Å². The number of aliphatic carboxylic acids is 1. The van der Waals surface area contributed by atoms with E-state index in [1.807, 2.05) is 32.0 Å². The van der Waals surface area contributed by atoms with Gasteiger partial charge in [-0.1, -0.05) is 40.9 Å². The summed E-state index contributed by atoms with van der Waals surface area (Å²) in [4.78, 5) is 16.3. The predicted molar refractivity (Wildman–Crippen MR) is 150 cm³/mol. The second-order valence-corrected chi connectivity index (χ2v) is 12.6. The summed E-state index contributed by atoms with van der Waals surface area (Å²) in [6.07, 6.45) is 3.47. The molecule has 0 unspecified atom stereocenters. The highest BCUT2D eigenvalue weighted by Crippen LogP contribution is 2.46. The molecule has 1 saturated carbocycles. The van der Waals surface area contributed by atoms with Gasteiger partial charge in [-0.25, -0.2) is 0 Å². The first-order valence-corrected chi connectivity index (χ1v) is 14.3. The normalized spacial score (nSPS) is 26.7. The number of hydrogen-bond acceptors (Lipinski definition) is 5. The molecular weight excluding hydrogens is 545 g/mol. The van der Waals surface area contributed by atoms with Gasteiger partial charge in [-0.2, -0.15) is 5.26 Å². The molecule has 2 aromatic carbocycles. The van der Waals surface area contributed by atoms with Gasteiger partial charge in [-0.05, 0) is 76.1 Å². The highest BCUT2D eigenvalue weighted by atomic mass is 35.5. The smallest absolute Gasteiger partial charge is 0.309 e. The molecule has 5 rings (SSSR count). The molecule has 2 aliphatic heterocycles. The van der Waals surface area contributed by atoms with Crippen LogP contribution in [0.15, 0.2) is 30.3 Å². The Balaban J connectivity index is 1.23. The van der Waals surface area contributed by atoms with Crippen LogP contribution in [0.2, 0.25) is 15.1 Å². The van der Waals surface area contributed by atoms with E-state index in [1.165, 1.54) is 6.42 Å². The van der Waals surface area contributed by atoms with E-state index in [9.17, 15) is 15.2 Å². The molecule has 0 radical (unpaired) electrons. The van der Waals surface area contributed by atoms with Crippen molar-refractivity contribution >= 4 is 46.5 Å². The standard InChI is InChI=1S/C29H32Cl3N3O3/c1-17(24-6-5-21(30)9-25(24)31)38-26-10-22(8-19(13-33)27(26)32)35-15-20(16-35)18-4-3-7-34(14-18)23-11-29(2,12-23)28(36)37/h5-6,8-10,17-18,20,23H,3-4,7,11-12,14-16H2,1-2H3,(H,36,37)/t17-,18+,23?,29?/m1/s1. The van der Waals surface area contributed by atoms with Crippen LogP contribution in [-0.2, 0) is 4.79 Å². The van der Waals surface area contributed by atoms with Crippen LogP contribution in [0.1, 0.15) is 56.8 Å². The monoisotopic (exact) mass is 575 g/mol. The molecule has 6 nitrogen and oxygen atoms in total. The first-order chi connectivity index (χ1) is 18.1. The van der Waals surface area contributed by atoms with Crippen molar-refractivity contribution < 1.29 is 14.6 Å². The second-order valence-electron chi connectivity index (χ2n) is 11.3. The van der Waals surface area contributed by atoms with Crippen LogP contribution in [0, 0.1) is 28.6 Å². The number of ether oxygens (including phenoxy) is 1. The number of piperidine rings is 1. The number of halogens is 3. The van der Waals surface area contributed by atoms with Gasteiger partial charge in [0.25, 0.3) is 0 Å². The van der Waals surface area contributed by atoms with Gasteiger partial charge in [0.15, 0.2) is 0 Å². The fourth-order valence-corrected chi connectivity index (χ4v) is 6.97. The van der Waals surface area contributed by atoms with Crippen molar-refractivity contribution in [2.45, 2.75) is 51.7 Å². The largest absolute Gasteiger partial charge is 0.484 e. The molecule has 2 heterocycles. The van der Waals surface area contributed by atoms with Crippen LogP contribution in [0.25, 0.3) is 0 Å². The highest BCUT2D eigenvalue weighted by Gasteiger charge is 2.49. The second kappa shape index (κ2) is 10.8. The van der Waals surface area contributed by atoms with Gasteiger partial charge in [-0.15, -0.1) is 0 Å². The van der Waals surface area contributed by atoms with Crippen LogP contribution in [-0.4, -0.2) is 48.2 Å². The Labute approximate surface area is 239 Å². The average molecular weight is 577 g/mol. The summed E-state index contributed by atoms with van der Waals surface area (Å²) in [6.45, 7) is 7.69. The molecule has 2 aromatic rings. The van der Waals surface area contributed by atoms with Gasteiger partial charge >= 0.3 is 5.97 Å². The molecule has 3 fully saturated rings. The molecule has 9 heteroatoms. The molecule has 202 valence electrons. The maximum Gasteiger partial charge on any atom is 0.309 e. The van der Waals surface area contributed by atoms with Gasteiger partial charge in [0.2, 0.25) is 0 Å². The van der Waals surface area contributed by atoms with Crippen molar-refractivity contribution in [2.75, 3.05) is 31.1 Å².